The molecule has 3 aromatic rings. The van der Waals surface area contributed by atoms with Gasteiger partial charge in [0.15, 0.2) is 0 Å². The highest BCUT2D eigenvalue weighted by Gasteiger charge is 2.21. The quantitative estimate of drug-likeness (QED) is 0.629. The van der Waals surface area contributed by atoms with E-state index in [2.05, 4.69) is 20.9 Å². The molecule has 0 saturated carbocycles. The van der Waals surface area contributed by atoms with Gasteiger partial charge in [-0.25, -0.2) is 4.79 Å². The zero-order valence-electron chi connectivity index (χ0n) is 14.6. The van der Waals surface area contributed by atoms with Crippen molar-refractivity contribution < 1.29 is 9.59 Å². The summed E-state index contributed by atoms with van der Waals surface area (Å²) in [5.41, 5.74) is 2.23. The van der Waals surface area contributed by atoms with E-state index < -0.39 is 12.1 Å². The minimum Gasteiger partial charge on any atom is -0.326 e. The molecular formula is C21H20N4O2. The normalized spacial score (nSPS) is 11.3. The van der Waals surface area contributed by atoms with Crippen LogP contribution in [0.4, 0.5) is 16.2 Å². The number of anilines is 2. The number of aromatic nitrogens is 1. The average molecular weight is 360 g/mol. The smallest absolute Gasteiger partial charge is 0.319 e. The second kappa shape index (κ2) is 9.15. The number of hydrogen-bond donors (Lipinski definition) is 3. The van der Waals surface area contributed by atoms with Crippen LogP contribution in [0.15, 0.2) is 85.2 Å². The molecule has 0 aliphatic rings. The van der Waals surface area contributed by atoms with Crippen molar-refractivity contribution >= 4 is 23.3 Å². The number of rotatable bonds is 6. The first kappa shape index (κ1) is 18.1. The average Bonchev–Trinajstić information content (AvgIpc) is 2.70. The third-order valence-electron chi connectivity index (χ3n) is 3.88. The molecule has 3 N–H and O–H groups in total. The van der Waals surface area contributed by atoms with Crippen molar-refractivity contribution in [3.8, 4) is 0 Å². The number of hydrogen-bond acceptors (Lipinski definition) is 3. The Hall–Kier alpha value is -3.67. The van der Waals surface area contributed by atoms with Crippen LogP contribution in [-0.4, -0.2) is 23.0 Å². The highest BCUT2D eigenvalue weighted by molar-refractivity contribution is 5.99. The Bertz CT molecular complexity index is 870. The molecule has 0 bridgehead atoms. The number of para-hydroxylation sites is 1. The molecule has 1 unspecified atom stereocenters. The van der Waals surface area contributed by atoms with Crippen LogP contribution in [0, 0.1) is 0 Å². The van der Waals surface area contributed by atoms with Crippen LogP contribution in [0.2, 0.25) is 0 Å². The van der Waals surface area contributed by atoms with Gasteiger partial charge in [-0.2, -0.15) is 0 Å². The molecule has 27 heavy (non-hydrogen) atoms. The van der Waals surface area contributed by atoms with Crippen molar-refractivity contribution in [3.05, 3.63) is 90.8 Å². The van der Waals surface area contributed by atoms with Crippen LogP contribution >= 0.6 is 0 Å². The first-order chi connectivity index (χ1) is 13.2. The lowest BCUT2D eigenvalue weighted by Crippen LogP contribution is -2.46. The number of benzene rings is 2. The van der Waals surface area contributed by atoms with Gasteiger partial charge in [0.25, 0.3) is 0 Å². The number of urea groups is 1. The molecule has 0 spiro atoms. The second-order valence-corrected chi connectivity index (χ2v) is 5.93. The molecule has 0 fully saturated rings. The Kier molecular flexibility index (Phi) is 6.14. The molecule has 0 aliphatic carbocycles. The van der Waals surface area contributed by atoms with Gasteiger partial charge in [-0.15, -0.1) is 0 Å². The lowest BCUT2D eigenvalue weighted by molar-refractivity contribution is -0.117. The molecule has 3 amide bonds. The summed E-state index contributed by atoms with van der Waals surface area (Å²) in [6.07, 6.45) is 3.56. The standard InChI is InChI=1S/C21H20N4O2/c26-20(23-18-11-13-22-14-12-18)19(15-16-7-3-1-4-8-16)25-21(27)24-17-9-5-2-6-10-17/h1-14,19H,15H2,(H,22,23,26)(H2,24,25,27). The van der Waals surface area contributed by atoms with E-state index in [4.69, 9.17) is 0 Å². The van der Waals surface area contributed by atoms with Crippen LogP contribution in [0.25, 0.3) is 0 Å². The van der Waals surface area contributed by atoms with Crippen LogP contribution < -0.4 is 16.0 Å². The summed E-state index contributed by atoms with van der Waals surface area (Å²) in [5, 5.41) is 8.30. The van der Waals surface area contributed by atoms with Crippen LogP contribution in [0.1, 0.15) is 5.56 Å². The van der Waals surface area contributed by atoms with Crippen LogP contribution in [0.5, 0.6) is 0 Å². The minimum absolute atomic E-state index is 0.298. The van der Waals surface area contributed by atoms with Gasteiger partial charge in [-0.05, 0) is 29.8 Å². The fraction of sp³-hybridized carbons (Fsp3) is 0.0952. The summed E-state index contributed by atoms with van der Waals surface area (Å²) in [5.74, 6) is -0.298. The van der Waals surface area contributed by atoms with Gasteiger partial charge in [0.05, 0.1) is 0 Å². The molecule has 1 atom stereocenters. The number of carbonyl (C=O) groups is 2. The van der Waals surface area contributed by atoms with Gasteiger partial charge >= 0.3 is 6.03 Å². The zero-order chi connectivity index (χ0) is 18.9. The lowest BCUT2D eigenvalue weighted by Gasteiger charge is -2.19. The Morgan fingerprint density at radius 3 is 2.04 bits per heavy atom. The van der Waals surface area contributed by atoms with Crippen LogP contribution in [-0.2, 0) is 11.2 Å². The van der Waals surface area contributed by atoms with Gasteiger partial charge < -0.3 is 16.0 Å². The van der Waals surface area contributed by atoms with Crippen LogP contribution in [0.3, 0.4) is 0 Å². The van der Waals surface area contributed by atoms with Gasteiger partial charge in [0, 0.05) is 30.2 Å². The fourth-order valence-electron chi connectivity index (χ4n) is 2.57. The third kappa shape index (κ3) is 5.67. The summed E-state index contributed by atoms with van der Waals surface area (Å²) >= 11 is 0. The Balaban J connectivity index is 1.70. The summed E-state index contributed by atoms with van der Waals surface area (Å²) < 4.78 is 0. The molecule has 0 radical (unpaired) electrons. The fourth-order valence-corrected chi connectivity index (χ4v) is 2.57. The maximum Gasteiger partial charge on any atom is 0.319 e. The molecular weight excluding hydrogens is 340 g/mol. The van der Waals surface area contributed by atoms with Crippen molar-refractivity contribution in [2.75, 3.05) is 10.6 Å². The maximum absolute atomic E-state index is 12.7. The van der Waals surface area contributed by atoms with E-state index in [1.54, 1.807) is 36.7 Å². The summed E-state index contributed by atoms with van der Waals surface area (Å²) in [6, 6.07) is 20.8. The number of carbonyl (C=O) groups excluding carboxylic acids is 2. The Morgan fingerprint density at radius 2 is 1.37 bits per heavy atom. The van der Waals surface area contributed by atoms with Gasteiger partial charge in [-0.1, -0.05) is 48.5 Å². The van der Waals surface area contributed by atoms with E-state index in [1.807, 2.05) is 48.5 Å². The molecule has 136 valence electrons. The van der Waals surface area contributed by atoms with Crippen molar-refractivity contribution in [3.63, 3.8) is 0 Å². The van der Waals surface area contributed by atoms with Gasteiger partial charge in [0.2, 0.25) is 5.91 Å². The highest BCUT2D eigenvalue weighted by Crippen LogP contribution is 2.09. The molecule has 3 rings (SSSR count). The molecule has 6 nitrogen and oxygen atoms in total. The monoisotopic (exact) mass is 360 g/mol. The topological polar surface area (TPSA) is 83.1 Å². The lowest BCUT2D eigenvalue weighted by atomic mass is 10.1. The number of nitrogens with zero attached hydrogens (tertiary/aromatic N) is 1. The van der Waals surface area contributed by atoms with Crippen molar-refractivity contribution in [1.29, 1.82) is 0 Å². The predicted octanol–water partition coefficient (Wildman–Crippen LogP) is 3.45. The zero-order valence-corrected chi connectivity index (χ0v) is 14.6. The second-order valence-electron chi connectivity index (χ2n) is 5.93. The Morgan fingerprint density at radius 1 is 0.778 bits per heavy atom. The SMILES string of the molecule is O=C(Nc1ccccc1)NC(Cc1ccccc1)C(=O)Nc1ccncc1. The maximum atomic E-state index is 12.7. The van der Waals surface area contributed by atoms with Crippen molar-refractivity contribution in [2.45, 2.75) is 12.5 Å². The van der Waals surface area contributed by atoms with Gasteiger partial charge in [-0.3, -0.25) is 9.78 Å². The molecule has 0 saturated heterocycles. The molecule has 0 aliphatic heterocycles. The molecule has 6 heteroatoms. The third-order valence-corrected chi connectivity index (χ3v) is 3.88. The van der Waals surface area contributed by atoms with E-state index >= 15 is 0 Å². The van der Waals surface area contributed by atoms with E-state index in [1.165, 1.54) is 0 Å². The van der Waals surface area contributed by atoms with E-state index in [0.717, 1.165) is 5.56 Å². The van der Waals surface area contributed by atoms with E-state index in [-0.39, 0.29) is 5.91 Å². The number of pyridine rings is 1. The summed E-state index contributed by atoms with van der Waals surface area (Å²) in [4.78, 5) is 29.0. The number of amides is 3. The van der Waals surface area contributed by atoms with E-state index in [9.17, 15) is 9.59 Å². The molecule has 1 heterocycles. The Labute approximate surface area is 157 Å². The largest absolute Gasteiger partial charge is 0.326 e. The van der Waals surface area contributed by atoms with Gasteiger partial charge in [0.1, 0.15) is 6.04 Å². The summed E-state index contributed by atoms with van der Waals surface area (Å²) in [7, 11) is 0. The first-order valence-corrected chi connectivity index (χ1v) is 8.58. The highest BCUT2D eigenvalue weighted by atomic mass is 16.2. The molecule has 1 aromatic heterocycles. The first-order valence-electron chi connectivity index (χ1n) is 8.58. The van der Waals surface area contributed by atoms with Crippen molar-refractivity contribution in [1.82, 2.24) is 10.3 Å². The predicted molar refractivity (Wildman–Crippen MR) is 105 cm³/mol. The summed E-state index contributed by atoms with van der Waals surface area (Å²) in [6.45, 7) is 0. The van der Waals surface area contributed by atoms with E-state index in [0.29, 0.717) is 17.8 Å². The molecule has 2 aromatic carbocycles. The van der Waals surface area contributed by atoms with Crippen molar-refractivity contribution in [2.24, 2.45) is 0 Å². The number of nitrogens with one attached hydrogen (secondary N) is 3. The minimum atomic E-state index is -0.732.